The molecule has 0 saturated heterocycles. The van der Waals surface area contributed by atoms with Crippen molar-refractivity contribution in [1.29, 1.82) is 0 Å². The average molecular weight is 303 g/mol. The van der Waals surface area contributed by atoms with Gasteiger partial charge in [0.1, 0.15) is 5.78 Å². The van der Waals surface area contributed by atoms with Crippen LogP contribution in [0.15, 0.2) is 59.5 Å². The van der Waals surface area contributed by atoms with E-state index in [4.69, 9.17) is 0 Å². The summed E-state index contributed by atoms with van der Waals surface area (Å²) >= 11 is 0. The average Bonchev–Trinajstić information content (AvgIpc) is 2.48. The molecule has 2 aromatic rings. The molecule has 0 heterocycles. The number of nitro benzene ring substituents is 1. The van der Waals surface area contributed by atoms with Crippen LogP contribution in [0.1, 0.15) is 5.56 Å². The fourth-order valence-electron chi connectivity index (χ4n) is 1.82. The van der Waals surface area contributed by atoms with Crippen molar-refractivity contribution >= 4 is 22.3 Å². The number of ketones is 1. The smallest absolute Gasteiger partial charge is 0.269 e. The first-order valence-corrected chi connectivity index (χ1v) is 7.56. The van der Waals surface area contributed by atoms with Crippen molar-refractivity contribution in [2.75, 3.05) is 5.75 Å². The summed E-state index contributed by atoms with van der Waals surface area (Å²) in [6.45, 7) is 0. The zero-order chi connectivity index (χ0) is 15.2. The Bertz CT molecular complexity index is 668. The quantitative estimate of drug-likeness (QED) is 0.607. The van der Waals surface area contributed by atoms with Gasteiger partial charge in [-0.1, -0.05) is 30.3 Å². The van der Waals surface area contributed by atoms with Crippen molar-refractivity contribution in [2.45, 2.75) is 11.3 Å². The molecule has 0 radical (unpaired) electrons. The highest BCUT2D eigenvalue weighted by Gasteiger charge is 2.12. The third-order valence-corrected chi connectivity index (χ3v) is 4.23. The fourth-order valence-corrected chi connectivity index (χ4v) is 2.82. The number of nitrogens with zero attached hydrogens (tertiary/aromatic N) is 1. The van der Waals surface area contributed by atoms with Gasteiger partial charge in [-0.15, -0.1) is 0 Å². The van der Waals surface area contributed by atoms with Crippen LogP contribution in [0.5, 0.6) is 0 Å². The third kappa shape index (κ3) is 4.32. The maximum absolute atomic E-state index is 12.0. The topological polar surface area (TPSA) is 77.3 Å². The van der Waals surface area contributed by atoms with Crippen molar-refractivity contribution in [2.24, 2.45) is 0 Å². The van der Waals surface area contributed by atoms with Crippen molar-refractivity contribution in [3.63, 3.8) is 0 Å². The number of benzene rings is 2. The Balaban J connectivity index is 1.97. The first kappa shape index (κ1) is 15.1. The summed E-state index contributed by atoms with van der Waals surface area (Å²) in [6, 6.07) is 14.6. The van der Waals surface area contributed by atoms with Gasteiger partial charge in [-0.05, 0) is 17.7 Å². The van der Waals surface area contributed by atoms with E-state index in [1.54, 1.807) is 0 Å². The van der Waals surface area contributed by atoms with Crippen LogP contribution >= 0.6 is 0 Å². The Morgan fingerprint density at radius 3 is 2.24 bits per heavy atom. The summed E-state index contributed by atoms with van der Waals surface area (Å²) in [4.78, 5) is 22.3. The van der Waals surface area contributed by atoms with Gasteiger partial charge in [-0.25, -0.2) is 0 Å². The van der Waals surface area contributed by atoms with E-state index >= 15 is 0 Å². The largest absolute Gasteiger partial charge is 0.298 e. The van der Waals surface area contributed by atoms with Crippen LogP contribution in [0.4, 0.5) is 5.69 Å². The summed E-state index contributed by atoms with van der Waals surface area (Å²) in [5, 5.41) is 10.5. The molecule has 2 aromatic carbocycles. The van der Waals surface area contributed by atoms with Gasteiger partial charge in [0.05, 0.1) is 21.5 Å². The van der Waals surface area contributed by atoms with E-state index in [1.807, 2.05) is 30.3 Å². The lowest BCUT2D eigenvalue weighted by molar-refractivity contribution is -0.384. The zero-order valence-electron chi connectivity index (χ0n) is 11.1. The standard InChI is InChI=1S/C15H13NO4S/c17-14(10-12-4-2-1-3-5-12)11-21(20)15-8-6-13(7-9-15)16(18)19/h1-9H,10-11H2. The van der Waals surface area contributed by atoms with Crippen LogP contribution in [-0.2, 0) is 22.0 Å². The Morgan fingerprint density at radius 1 is 1.05 bits per heavy atom. The second-order valence-corrected chi connectivity index (χ2v) is 5.89. The van der Waals surface area contributed by atoms with Gasteiger partial charge in [-0.2, -0.15) is 0 Å². The molecule has 0 aliphatic carbocycles. The van der Waals surface area contributed by atoms with Crippen LogP contribution in [0.3, 0.4) is 0 Å². The second-order valence-electron chi connectivity index (χ2n) is 4.44. The first-order valence-electron chi connectivity index (χ1n) is 6.25. The van der Waals surface area contributed by atoms with Crippen molar-refractivity contribution in [3.8, 4) is 0 Å². The summed E-state index contributed by atoms with van der Waals surface area (Å²) in [5.74, 6) is -0.218. The maximum Gasteiger partial charge on any atom is 0.269 e. The first-order chi connectivity index (χ1) is 10.1. The highest BCUT2D eigenvalue weighted by molar-refractivity contribution is 7.85. The monoisotopic (exact) mass is 303 g/mol. The number of carbonyl (C=O) groups excluding carboxylic acids is 1. The van der Waals surface area contributed by atoms with E-state index in [2.05, 4.69) is 0 Å². The molecule has 0 aliphatic heterocycles. The highest BCUT2D eigenvalue weighted by Crippen LogP contribution is 2.15. The highest BCUT2D eigenvalue weighted by atomic mass is 32.2. The minimum atomic E-state index is -1.48. The molecule has 1 unspecified atom stereocenters. The van der Waals surface area contributed by atoms with E-state index in [0.717, 1.165) is 5.56 Å². The number of hydrogen-bond acceptors (Lipinski definition) is 4. The summed E-state index contributed by atoms with van der Waals surface area (Å²) in [6.07, 6.45) is 0.236. The molecular weight excluding hydrogens is 290 g/mol. The molecule has 2 rings (SSSR count). The van der Waals surface area contributed by atoms with Gasteiger partial charge in [0.25, 0.3) is 5.69 Å². The number of nitro groups is 1. The Kier molecular flexibility index (Phi) is 4.94. The lowest BCUT2D eigenvalue weighted by Crippen LogP contribution is -2.13. The third-order valence-electron chi connectivity index (χ3n) is 2.85. The summed E-state index contributed by atoms with van der Waals surface area (Å²) in [7, 11) is -1.48. The molecule has 6 heteroatoms. The molecule has 0 aliphatic rings. The zero-order valence-corrected chi connectivity index (χ0v) is 11.9. The molecule has 0 bridgehead atoms. The number of rotatable bonds is 6. The number of Topliss-reactive ketones (excluding diaryl/α,β-unsaturated/α-hetero) is 1. The van der Waals surface area contributed by atoms with Crippen molar-refractivity contribution in [1.82, 2.24) is 0 Å². The van der Waals surface area contributed by atoms with E-state index in [0.29, 0.717) is 4.90 Å². The van der Waals surface area contributed by atoms with Crippen molar-refractivity contribution < 1.29 is 13.9 Å². The number of non-ortho nitro benzene ring substituents is 1. The van der Waals surface area contributed by atoms with Gasteiger partial charge in [0.15, 0.2) is 0 Å². The molecule has 0 amide bonds. The predicted octanol–water partition coefficient (Wildman–Crippen LogP) is 2.51. The Hall–Kier alpha value is -2.34. The van der Waals surface area contributed by atoms with Gasteiger partial charge in [0.2, 0.25) is 0 Å². The van der Waals surface area contributed by atoms with Crippen LogP contribution in [0, 0.1) is 10.1 Å². The molecule has 21 heavy (non-hydrogen) atoms. The Morgan fingerprint density at radius 2 is 1.67 bits per heavy atom. The van der Waals surface area contributed by atoms with E-state index in [9.17, 15) is 19.1 Å². The van der Waals surface area contributed by atoms with E-state index in [-0.39, 0.29) is 23.6 Å². The summed E-state index contributed by atoms with van der Waals surface area (Å²) < 4.78 is 12.0. The minimum absolute atomic E-state index is 0.0636. The van der Waals surface area contributed by atoms with Gasteiger partial charge < -0.3 is 0 Å². The summed E-state index contributed by atoms with van der Waals surface area (Å²) in [5.41, 5.74) is 0.814. The van der Waals surface area contributed by atoms with Gasteiger partial charge in [0, 0.05) is 23.4 Å². The normalized spacial score (nSPS) is 11.8. The minimum Gasteiger partial charge on any atom is -0.298 e. The second kappa shape index (κ2) is 6.90. The van der Waals surface area contributed by atoms with Crippen LogP contribution in [-0.4, -0.2) is 20.7 Å². The molecule has 0 fully saturated rings. The molecule has 1 atom stereocenters. The number of hydrogen-bond donors (Lipinski definition) is 0. The maximum atomic E-state index is 12.0. The molecular formula is C15H13NO4S. The van der Waals surface area contributed by atoms with Gasteiger partial charge in [-0.3, -0.25) is 19.1 Å². The molecule has 108 valence electrons. The number of carbonyl (C=O) groups is 1. The van der Waals surface area contributed by atoms with Crippen LogP contribution < -0.4 is 0 Å². The molecule has 5 nitrogen and oxygen atoms in total. The van der Waals surface area contributed by atoms with Gasteiger partial charge >= 0.3 is 0 Å². The molecule has 0 spiro atoms. The van der Waals surface area contributed by atoms with Crippen molar-refractivity contribution in [3.05, 3.63) is 70.3 Å². The lowest BCUT2D eigenvalue weighted by Gasteiger charge is -2.02. The van der Waals surface area contributed by atoms with E-state index in [1.165, 1.54) is 24.3 Å². The SMILES string of the molecule is O=C(Cc1ccccc1)CS(=O)c1ccc([N+](=O)[O-])cc1. The van der Waals surface area contributed by atoms with Crippen LogP contribution in [0.2, 0.25) is 0 Å². The van der Waals surface area contributed by atoms with Crippen LogP contribution in [0.25, 0.3) is 0 Å². The molecule has 0 aromatic heterocycles. The molecule has 0 N–H and O–H groups in total. The Labute approximate surface area is 124 Å². The lowest BCUT2D eigenvalue weighted by atomic mass is 10.1. The predicted molar refractivity (Wildman–Crippen MR) is 79.5 cm³/mol. The van der Waals surface area contributed by atoms with E-state index < -0.39 is 15.7 Å². The fraction of sp³-hybridized carbons (Fsp3) is 0.133. The molecule has 0 saturated carbocycles.